The molecule has 1 aliphatic rings. The van der Waals surface area contributed by atoms with Crippen molar-refractivity contribution < 1.29 is 9.18 Å². The number of nitrogen functional groups attached to an aromatic ring is 1. The van der Waals surface area contributed by atoms with Gasteiger partial charge in [-0.1, -0.05) is 0 Å². The number of hydrogen-bond donors (Lipinski definition) is 2. The summed E-state index contributed by atoms with van der Waals surface area (Å²) in [5, 5.41) is 7.18. The van der Waals surface area contributed by atoms with E-state index in [4.69, 9.17) is 5.73 Å². The molecular weight excluding hydrogens is 371 g/mol. The van der Waals surface area contributed by atoms with Crippen LogP contribution in [0.5, 0.6) is 0 Å². The molecule has 2 aromatic heterocycles. The van der Waals surface area contributed by atoms with Crippen molar-refractivity contribution in [1.29, 1.82) is 0 Å². The summed E-state index contributed by atoms with van der Waals surface area (Å²) < 4.78 is 15.2. The highest BCUT2D eigenvalue weighted by Gasteiger charge is 2.31. The number of urea groups is 1. The van der Waals surface area contributed by atoms with Crippen molar-refractivity contribution in [2.45, 2.75) is 13.3 Å². The summed E-state index contributed by atoms with van der Waals surface area (Å²) in [7, 11) is 1.89. The first-order valence-electron chi connectivity index (χ1n) is 9.46. The molecule has 4 rings (SSSR count). The Kier molecular flexibility index (Phi) is 4.92. The van der Waals surface area contributed by atoms with Gasteiger partial charge in [-0.05, 0) is 61.2 Å². The number of hydrogen-bond acceptors (Lipinski definition) is 4. The molecule has 0 atom stereocenters. The minimum absolute atomic E-state index is 0.227. The van der Waals surface area contributed by atoms with E-state index in [9.17, 15) is 9.18 Å². The van der Waals surface area contributed by atoms with E-state index in [0.717, 1.165) is 23.2 Å². The van der Waals surface area contributed by atoms with Crippen molar-refractivity contribution >= 4 is 17.5 Å². The van der Waals surface area contributed by atoms with Crippen LogP contribution in [0.4, 0.5) is 20.7 Å². The second kappa shape index (κ2) is 7.54. The Hall–Kier alpha value is -3.42. The number of aryl methyl sites for hydroxylation is 2. The van der Waals surface area contributed by atoms with Gasteiger partial charge in [0.2, 0.25) is 0 Å². The smallest absolute Gasteiger partial charge is 0.323 e. The molecule has 29 heavy (non-hydrogen) atoms. The largest absolute Gasteiger partial charge is 0.396 e. The van der Waals surface area contributed by atoms with Gasteiger partial charge in [-0.25, -0.2) is 14.2 Å². The highest BCUT2D eigenvalue weighted by Crippen LogP contribution is 2.27. The van der Waals surface area contributed by atoms with Gasteiger partial charge in [0.15, 0.2) is 5.82 Å². The van der Waals surface area contributed by atoms with Crippen LogP contribution < -0.4 is 11.1 Å². The molecule has 8 heteroatoms. The Morgan fingerprint density at radius 1 is 1.28 bits per heavy atom. The van der Waals surface area contributed by atoms with Crippen LogP contribution in [0.15, 0.2) is 42.6 Å². The second-order valence-electron chi connectivity index (χ2n) is 7.48. The maximum absolute atomic E-state index is 13.4. The van der Waals surface area contributed by atoms with E-state index in [1.54, 1.807) is 27.8 Å². The van der Waals surface area contributed by atoms with Crippen molar-refractivity contribution in [3.63, 3.8) is 0 Å². The summed E-state index contributed by atoms with van der Waals surface area (Å²) in [4.78, 5) is 18.8. The molecular formula is C21H23FN6O. The summed E-state index contributed by atoms with van der Waals surface area (Å²) in [5.41, 5.74) is 9.60. The van der Waals surface area contributed by atoms with Crippen molar-refractivity contribution in [2.75, 3.05) is 24.1 Å². The van der Waals surface area contributed by atoms with Crippen molar-refractivity contribution in [3.05, 3.63) is 59.7 Å². The van der Waals surface area contributed by atoms with E-state index in [1.807, 2.05) is 26.2 Å². The molecule has 7 nitrogen and oxygen atoms in total. The zero-order valence-electron chi connectivity index (χ0n) is 16.4. The van der Waals surface area contributed by atoms with E-state index < -0.39 is 0 Å². The lowest BCUT2D eigenvalue weighted by Crippen LogP contribution is -2.52. The number of amides is 2. The molecule has 0 spiro atoms. The summed E-state index contributed by atoms with van der Waals surface area (Å²) in [6, 6.07) is 9.74. The normalized spacial score (nSPS) is 14.0. The van der Waals surface area contributed by atoms with Crippen LogP contribution in [0.1, 0.15) is 11.3 Å². The minimum Gasteiger partial charge on any atom is -0.396 e. The van der Waals surface area contributed by atoms with E-state index in [0.29, 0.717) is 36.2 Å². The number of carbonyl (C=O) groups is 1. The number of pyridine rings is 1. The number of benzene rings is 1. The van der Waals surface area contributed by atoms with Crippen molar-refractivity contribution in [2.24, 2.45) is 13.0 Å². The lowest BCUT2D eigenvalue weighted by atomic mass is 9.95. The van der Waals surface area contributed by atoms with Gasteiger partial charge in [0, 0.05) is 31.9 Å². The van der Waals surface area contributed by atoms with Crippen molar-refractivity contribution in [1.82, 2.24) is 19.7 Å². The van der Waals surface area contributed by atoms with E-state index >= 15 is 0 Å². The first kappa shape index (κ1) is 18.9. The Bertz CT molecular complexity index is 1060. The van der Waals surface area contributed by atoms with Gasteiger partial charge in [-0.3, -0.25) is 10.00 Å². The molecule has 3 N–H and O–H groups in total. The first-order chi connectivity index (χ1) is 13.9. The number of carbonyl (C=O) groups excluding carboxylic acids is 1. The van der Waals surface area contributed by atoms with Crippen LogP contribution >= 0.6 is 0 Å². The van der Waals surface area contributed by atoms with Gasteiger partial charge < -0.3 is 10.6 Å². The van der Waals surface area contributed by atoms with Crippen LogP contribution in [-0.4, -0.2) is 38.8 Å². The number of nitrogens with one attached hydrogen (secondary N) is 1. The average Bonchev–Trinajstić information content (AvgIpc) is 3.05. The van der Waals surface area contributed by atoms with E-state index in [1.165, 1.54) is 12.1 Å². The van der Waals surface area contributed by atoms with Crippen LogP contribution in [0.25, 0.3) is 11.3 Å². The number of aromatic nitrogens is 3. The predicted molar refractivity (Wildman–Crippen MR) is 110 cm³/mol. The monoisotopic (exact) mass is 394 g/mol. The lowest BCUT2D eigenvalue weighted by Gasteiger charge is -2.38. The summed E-state index contributed by atoms with van der Waals surface area (Å²) in [5.74, 6) is 0.409. The first-order valence-corrected chi connectivity index (χ1v) is 9.46. The fourth-order valence-corrected chi connectivity index (χ4v) is 3.55. The fraction of sp³-hybridized carbons (Fsp3) is 0.286. The summed E-state index contributed by atoms with van der Waals surface area (Å²) in [6.45, 7) is 3.15. The molecule has 0 bridgehead atoms. The van der Waals surface area contributed by atoms with Gasteiger partial charge in [-0.15, -0.1) is 0 Å². The number of halogens is 1. The van der Waals surface area contributed by atoms with Crippen molar-refractivity contribution in [3.8, 4) is 11.3 Å². The van der Waals surface area contributed by atoms with Gasteiger partial charge >= 0.3 is 6.03 Å². The number of likely N-dealkylation sites (tertiary alicyclic amines) is 1. The molecule has 1 fully saturated rings. The summed E-state index contributed by atoms with van der Waals surface area (Å²) in [6.07, 6.45) is 2.77. The highest BCUT2D eigenvalue weighted by atomic mass is 19.1. The molecule has 0 unspecified atom stereocenters. The maximum Gasteiger partial charge on any atom is 0.323 e. The Labute approximate surface area is 168 Å². The van der Waals surface area contributed by atoms with Crippen LogP contribution in [0, 0.1) is 18.7 Å². The maximum atomic E-state index is 13.4. The molecule has 0 aliphatic carbocycles. The molecule has 0 radical (unpaired) electrons. The SMILES string of the molecule is Cc1cc(F)ccc1-c1ccc(N)c(NC(=O)N2CC(Cc3ccn(C)n3)C2)n1. The lowest BCUT2D eigenvalue weighted by molar-refractivity contribution is 0.130. The minimum atomic E-state index is -0.298. The van der Waals surface area contributed by atoms with E-state index in [-0.39, 0.29) is 11.8 Å². The van der Waals surface area contributed by atoms with Crippen LogP contribution in [-0.2, 0) is 13.5 Å². The number of nitrogens with two attached hydrogens (primary N) is 1. The second-order valence-corrected chi connectivity index (χ2v) is 7.48. The van der Waals surface area contributed by atoms with Gasteiger partial charge in [0.1, 0.15) is 5.82 Å². The topological polar surface area (TPSA) is 89.1 Å². The van der Waals surface area contributed by atoms with Gasteiger partial charge in [-0.2, -0.15) is 5.10 Å². The van der Waals surface area contributed by atoms with Crippen LogP contribution in [0.3, 0.4) is 0 Å². The molecule has 1 aliphatic heterocycles. The highest BCUT2D eigenvalue weighted by molar-refractivity contribution is 5.92. The quantitative estimate of drug-likeness (QED) is 0.711. The Balaban J connectivity index is 1.41. The summed E-state index contributed by atoms with van der Waals surface area (Å²) >= 11 is 0. The van der Waals surface area contributed by atoms with Crippen LogP contribution in [0.2, 0.25) is 0 Å². The third kappa shape index (κ3) is 4.06. The predicted octanol–water partition coefficient (Wildman–Crippen LogP) is 3.22. The Morgan fingerprint density at radius 3 is 2.76 bits per heavy atom. The van der Waals surface area contributed by atoms with E-state index in [2.05, 4.69) is 15.4 Å². The zero-order chi connectivity index (χ0) is 20.5. The molecule has 2 amide bonds. The molecule has 1 saturated heterocycles. The third-order valence-corrected chi connectivity index (χ3v) is 5.13. The van der Waals surface area contributed by atoms with Gasteiger partial charge in [0.05, 0.1) is 17.1 Å². The fourth-order valence-electron chi connectivity index (χ4n) is 3.55. The third-order valence-electron chi connectivity index (χ3n) is 5.13. The molecule has 1 aromatic carbocycles. The standard InChI is InChI=1S/C21H23FN6O/c1-13-9-15(22)3-4-17(13)19-6-5-18(23)20(24-19)25-21(29)28-11-14(12-28)10-16-7-8-27(2)26-16/h3-9,14H,10-12,23H2,1-2H3,(H,24,25,29). The zero-order valence-corrected chi connectivity index (χ0v) is 16.4. The Morgan fingerprint density at radius 2 is 2.07 bits per heavy atom. The number of anilines is 2. The molecule has 3 aromatic rings. The number of nitrogens with zero attached hydrogens (tertiary/aromatic N) is 4. The molecule has 150 valence electrons. The molecule has 0 saturated carbocycles. The average molecular weight is 394 g/mol. The molecule has 3 heterocycles. The number of rotatable bonds is 4. The van der Waals surface area contributed by atoms with Gasteiger partial charge in [0.25, 0.3) is 0 Å².